The fourth-order valence-electron chi connectivity index (χ4n) is 1.62. The third-order valence-electron chi connectivity index (χ3n) is 2.49. The lowest BCUT2D eigenvalue weighted by Gasteiger charge is -2.26. The molecule has 0 saturated heterocycles. The second-order valence-electron chi connectivity index (χ2n) is 4.51. The molecule has 0 bridgehead atoms. The highest BCUT2D eigenvalue weighted by atomic mass is 79.9. The Labute approximate surface area is 105 Å². The van der Waals surface area contributed by atoms with Gasteiger partial charge in [0.15, 0.2) is 0 Å². The molecule has 0 saturated carbocycles. The van der Waals surface area contributed by atoms with Gasteiger partial charge in [-0.25, -0.2) is 4.98 Å². The molecular weight excluding hydrogens is 268 g/mol. The van der Waals surface area contributed by atoms with Gasteiger partial charge in [0.25, 0.3) is 0 Å². The largest absolute Gasteiger partial charge is 0.383 e. The van der Waals surface area contributed by atoms with Crippen molar-refractivity contribution in [2.45, 2.75) is 33.2 Å². The summed E-state index contributed by atoms with van der Waals surface area (Å²) in [6.45, 7) is 6.58. The molecule has 0 radical (unpaired) electrons. The molecule has 0 fully saturated rings. The maximum absolute atomic E-state index is 5.69. The van der Waals surface area contributed by atoms with Crippen LogP contribution in [0.2, 0.25) is 0 Å². The molecule has 0 amide bonds. The summed E-state index contributed by atoms with van der Waals surface area (Å²) in [6.07, 6.45) is 1.10. The number of anilines is 2. The van der Waals surface area contributed by atoms with Crippen molar-refractivity contribution in [2.75, 3.05) is 17.7 Å². The molecule has 1 aromatic heterocycles. The zero-order chi connectivity index (χ0) is 12.3. The Kier molecular flexibility index (Phi) is 4.53. The minimum atomic E-state index is 0.397. The van der Waals surface area contributed by atoms with Crippen molar-refractivity contribution in [3.8, 4) is 0 Å². The van der Waals surface area contributed by atoms with E-state index in [0.717, 1.165) is 11.0 Å². The van der Waals surface area contributed by atoms with E-state index in [1.54, 1.807) is 6.07 Å². The Bertz CT molecular complexity index is 334. The van der Waals surface area contributed by atoms with E-state index < -0.39 is 0 Å². The van der Waals surface area contributed by atoms with Crippen LogP contribution in [-0.4, -0.2) is 23.1 Å². The molecule has 2 N–H and O–H groups in total. The van der Waals surface area contributed by atoms with Crippen molar-refractivity contribution in [2.24, 2.45) is 5.92 Å². The topological polar surface area (TPSA) is 55.0 Å². The van der Waals surface area contributed by atoms with Gasteiger partial charge < -0.3 is 10.6 Å². The molecule has 1 rings (SSSR count). The zero-order valence-electron chi connectivity index (χ0n) is 10.2. The van der Waals surface area contributed by atoms with E-state index in [2.05, 4.69) is 51.6 Å². The highest BCUT2D eigenvalue weighted by molar-refractivity contribution is 9.10. The van der Waals surface area contributed by atoms with Gasteiger partial charge in [0.05, 0.1) is 0 Å². The van der Waals surface area contributed by atoms with E-state index in [0.29, 0.717) is 23.7 Å². The molecule has 0 aliphatic heterocycles. The smallest absolute Gasteiger partial charge is 0.228 e. The van der Waals surface area contributed by atoms with Crippen LogP contribution < -0.4 is 10.6 Å². The first-order chi connectivity index (χ1) is 7.40. The molecule has 1 aromatic rings. The summed E-state index contributed by atoms with van der Waals surface area (Å²) >= 11 is 3.32. The zero-order valence-corrected chi connectivity index (χ0v) is 11.8. The Hall–Kier alpha value is -0.840. The Morgan fingerprint density at radius 2 is 2.00 bits per heavy atom. The number of hydrogen-bond acceptors (Lipinski definition) is 4. The third-order valence-corrected chi connectivity index (χ3v) is 2.90. The number of halogens is 1. The normalized spacial score (nSPS) is 12.9. The van der Waals surface area contributed by atoms with Crippen LogP contribution in [0.15, 0.2) is 10.7 Å². The monoisotopic (exact) mass is 286 g/mol. The van der Waals surface area contributed by atoms with Gasteiger partial charge in [-0.05, 0) is 35.2 Å². The summed E-state index contributed by atoms with van der Waals surface area (Å²) in [4.78, 5) is 10.6. The van der Waals surface area contributed by atoms with Crippen LogP contribution in [0.4, 0.5) is 11.8 Å². The van der Waals surface area contributed by atoms with Crippen molar-refractivity contribution >= 4 is 27.7 Å². The van der Waals surface area contributed by atoms with Crippen molar-refractivity contribution in [3.63, 3.8) is 0 Å². The minimum Gasteiger partial charge on any atom is -0.383 e. The average Bonchev–Trinajstić information content (AvgIpc) is 2.13. The van der Waals surface area contributed by atoms with Crippen LogP contribution in [0.5, 0.6) is 0 Å². The van der Waals surface area contributed by atoms with Gasteiger partial charge in [-0.1, -0.05) is 13.8 Å². The molecule has 0 spiro atoms. The maximum Gasteiger partial charge on any atom is 0.228 e. The summed E-state index contributed by atoms with van der Waals surface area (Å²) < 4.78 is 0.721. The van der Waals surface area contributed by atoms with E-state index in [1.807, 2.05) is 7.05 Å². The predicted molar refractivity (Wildman–Crippen MR) is 71.5 cm³/mol. The first-order valence-corrected chi connectivity index (χ1v) is 6.22. The second-order valence-corrected chi connectivity index (χ2v) is 5.32. The maximum atomic E-state index is 5.69. The van der Waals surface area contributed by atoms with Crippen LogP contribution in [0.3, 0.4) is 0 Å². The lowest BCUT2D eigenvalue weighted by molar-refractivity contribution is 0.499. The summed E-state index contributed by atoms with van der Waals surface area (Å²) in [5.41, 5.74) is 5.69. The van der Waals surface area contributed by atoms with Gasteiger partial charge in [0, 0.05) is 19.2 Å². The SMILES string of the molecule is CC(C)CC(C)N(C)c1nc(N)cc(Br)n1. The summed E-state index contributed by atoms with van der Waals surface area (Å²) in [5.74, 6) is 1.81. The Morgan fingerprint density at radius 1 is 1.38 bits per heavy atom. The van der Waals surface area contributed by atoms with Crippen molar-refractivity contribution in [1.82, 2.24) is 9.97 Å². The minimum absolute atomic E-state index is 0.397. The van der Waals surface area contributed by atoms with Gasteiger partial charge in [-0.3, -0.25) is 0 Å². The number of hydrogen-bond donors (Lipinski definition) is 1. The number of nitrogens with zero attached hydrogens (tertiary/aromatic N) is 3. The molecule has 1 heterocycles. The summed E-state index contributed by atoms with van der Waals surface area (Å²) in [5, 5.41) is 0. The van der Waals surface area contributed by atoms with Gasteiger partial charge in [-0.15, -0.1) is 0 Å². The average molecular weight is 287 g/mol. The van der Waals surface area contributed by atoms with E-state index >= 15 is 0 Å². The van der Waals surface area contributed by atoms with E-state index in [9.17, 15) is 0 Å². The second kappa shape index (κ2) is 5.48. The van der Waals surface area contributed by atoms with Crippen molar-refractivity contribution < 1.29 is 0 Å². The number of nitrogens with two attached hydrogens (primary N) is 1. The Balaban J connectivity index is 2.82. The molecule has 0 aliphatic rings. The van der Waals surface area contributed by atoms with Gasteiger partial charge in [-0.2, -0.15) is 4.98 Å². The summed E-state index contributed by atoms with van der Waals surface area (Å²) in [7, 11) is 1.99. The molecule has 4 nitrogen and oxygen atoms in total. The molecule has 0 aromatic carbocycles. The number of aromatic nitrogens is 2. The Morgan fingerprint density at radius 3 is 2.50 bits per heavy atom. The van der Waals surface area contributed by atoms with Crippen LogP contribution in [0, 0.1) is 5.92 Å². The molecule has 1 atom stereocenters. The standard InChI is InChI=1S/C11H19BrN4/c1-7(2)5-8(3)16(4)11-14-9(12)6-10(13)15-11/h6-8H,5H2,1-4H3,(H2,13,14,15). The molecule has 5 heteroatoms. The van der Waals surface area contributed by atoms with Crippen molar-refractivity contribution in [1.29, 1.82) is 0 Å². The molecule has 1 unspecified atom stereocenters. The van der Waals surface area contributed by atoms with Crippen LogP contribution in [0.25, 0.3) is 0 Å². The highest BCUT2D eigenvalue weighted by Gasteiger charge is 2.14. The third kappa shape index (κ3) is 3.63. The number of nitrogen functional groups attached to an aromatic ring is 1. The summed E-state index contributed by atoms with van der Waals surface area (Å²) in [6, 6.07) is 2.10. The lowest BCUT2D eigenvalue weighted by Crippen LogP contribution is -2.31. The first-order valence-electron chi connectivity index (χ1n) is 5.43. The van der Waals surface area contributed by atoms with Crippen LogP contribution in [0.1, 0.15) is 27.2 Å². The predicted octanol–water partition coefficient (Wildman–Crippen LogP) is 2.69. The van der Waals surface area contributed by atoms with Gasteiger partial charge in [0.1, 0.15) is 10.4 Å². The van der Waals surface area contributed by atoms with Gasteiger partial charge >= 0.3 is 0 Å². The fraction of sp³-hybridized carbons (Fsp3) is 0.636. The molecule has 0 aliphatic carbocycles. The van der Waals surface area contributed by atoms with E-state index in [-0.39, 0.29) is 0 Å². The van der Waals surface area contributed by atoms with E-state index in [4.69, 9.17) is 5.73 Å². The quantitative estimate of drug-likeness (QED) is 0.865. The highest BCUT2D eigenvalue weighted by Crippen LogP contribution is 2.19. The van der Waals surface area contributed by atoms with E-state index in [1.165, 1.54) is 0 Å². The van der Waals surface area contributed by atoms with Crippen LogP contribution >= 0.6 is 15.9 Å². The lowest BCUT2D eigenvalue weighted by atomic mass is 10.0. The van der Waals surface area contributed by atoms with Crippen molar-refractivity contribution in [3.05, 3.63) is 10.7 Å². The first kappa shape index (κ1) is 13.2. The number of rotatable bonds is 4. The molecular formula is C11H19BrN4. The van der Waals surface area contributed by atoms with Gasteiger partial charge in [0.2, 0.25) is 5.95 Å². The molecule has 90 valence electrons. The van der Waals surface area contributed by atoms with Crippen LogP contribution in [-0.2, 0) is 0 Å². The fourth-order valence-corrected chi connectivity index (χ4v) is 2.01. The molecule has 16 heavy (non-hydrogen) atoms.